The van der Waals surface area contributed by atoms with Crippen molar-refractivity contribution < 1.29 is 14.4 Å². The predicted molar refractivity (Wildman–Crippen MR) is 141 cm³/mol. The molecule has 1 aliphatic heterocycles. The topological polar surface area (TPSA) is 116 Å². The van der Waals surface area contributed by atoms with Crippen molar-refractivity contribution in [3.05, 3.63) is 101 Å². The molecule has 0 unspecified atom stereocenters. The Bertz CT molecular complexity index is 1460. The van der Waals surface area contributed by atoms with Crippen LogP contribution < -0.4 is 16.0 Å². The standard InChI is InChI=1S/C28H24N6O3/c1-17-7-9-21(10-8-17)32-28-29-18(2)15-24(33-28)30-19-11-13-20(14-12-19)31-25(35)16-34-26(36)22-5-3-4-6-23(22)27(34)37/h3-15H,16H2,1-2H3,(H,31,35)(H2,29,30,32,33). The van der Waals surface area contributed by atoms with Crippen LogP contribution in [0.5, 0.6) is 0 Å². The fraction of sp³-hybridized carbons (Fsp3) is 0.107. The Balaban J connectivity index is 1.20. The highest BCUT2D eigenvalue weighted by Crippen LogP contribution is 2.23. The lowest BCUT2D eigenvalue weighted by molar-refractivity contribution is -0.116. The van der Waals surface area contributed by atoms with Crippen LogP contribution in [0.25, 0.3) is 0 Å². The first-order valence-corrected chi connectivity index (χ1v) is 11.7. The van der Waals surface area contributed by atoms with E-state index >= 15 is 0 Å². The molecule has 0 spiro atoms. The lowest BCUT2D eigenvalue weighted by Gasteiger charge is -2.14. The summed E-state index contributed by atoms with van der Waals surface area (Å²) in [5.74, 6) is -0.306. The highest BCUT2D eigenvalue weighted by atomic mass is 16.2. The maximum atomic E-state index is 12.5. The third-order valence-electron chi connectivity index (χ3n) is 5.78. The van der Waals surface area contributed by atoms with Crippen LogP contribution in [0.4, 0.5) is 28.8 Å². The second kappa shape index (κ2) is 9.90. The number of aryl methyl sites for hydroxylation is 2. The van der Waals surface area contributed by atoms with Crippen molar-refractivity contribution in [3.8, 4) is 0 Å². The van der Waals surface area contributed by atoms with E-state index in [0.717, 1.165) is 22.0 Å². The van der Waals surface area contributed by atoms with Crippen LogP contribution in [0.2, 0.25) is 0 Å². The van der Waals surface area contributed by atoms with Gasteiger partial charge in [0.1, 0.15) is 12.4 Å². The van der Waals surface area contributed by atoms with Crippen molar-refractivity contribution in [2.45, 2.75) is 13.8 Å². The molecule has 37 heavy (non-hydrogen) atoms. The fourth-order valence-electron chi connectivity index (χ4n) is 3.97. The Morgan fingerprint density at radius 1 is 0.757 bits per heavy atom. The zero-order valence-corrected chi connectivity index (χ0v) is 20.3. The minimum absolute atomic E-state index is 0.313. The van der Waals surface area contributed by atoms with E-state index in [0.29, 0.717) is 28.6 Å². The fourth-order valence-corrected chi connectivity index (χ4v) is 3.97. The summed E-state index contributed by atoms with van der Waals surface area (Å²) >= 11 is 0. The van der Waals surface area contributed by atoms with Gasteiger partial charge in [0.25, 0.3) is 11.8 Å². The third-order valence-corrected chi connectivity index (χ3v) is 5.78. The van der Waals surface area contributed by atoms with E-state index in [1.165, 1.54) is 5.56 Å². The van der Waals surface area contributed by atoms with Gasteiger partial charge in [0.05, 0.1) is 11.1 Å². The summed E-state index contributed by atoms with van der Waals surface area (Å²) in [6.07, 6.45) is 0. The first-order chi connectivity index (χ1) is 17.9. The summed E-state index contributed by atoms with van der Waals surface area (Å²) in [6, 6.07) is 23.4. The number of nitrogens with zero attached hydrogens (tertiary/aromatic N) is 3. The molecule has 0 saturated heterocycles. The Morgan fingerprint density at radius 3 is 1.97 bits per heavy atom. The lowest BCUT2D eigenvalue weighted by Crippen LogP contribution is -2.37. The maximum Gasteiger partial charge on any atom is 0.262 e. The van der Waals surface area contributed by atoms with E-state index in [1.807, 2.05) is 44.2 Å². The SMILES string of the molecule is Cc1ccc(Nc2nc(C)cc(Nc3ccc(NC(=O)CN4C(=O)c5ccccc5C4=O)cc3)n2)cc1. The minimum atomic E-state index is -0.466. The smallest absolute Gasteiger partial charge is 0.262 e. The van der Waals surface area contributed by atoms with Gasteiger partial charge < -0.3 is 16.0 Å². The Labute approximate surface area is 213 Å². The number of hydrogen-bond donors (Lipinski definition) is 3. The van der Waals surface area contributed by atoms with Gasteiger partial charge in [0.15, 0.2) is 0 Å². The lowest BCUT2D eigenvalue weighted by atomic mass is 10.1. The summed E-state index contributed by atoms with van der Waals surface area (Å²) < 4.78 is 0. The Kier molecular flexibility index (Phi) is 6.34. The maximum absolute atomic E-state index is 12.5. The molecule has 3 amide bonds. The second-order valence-corrected chi connectivity index (χ2v) is 8.70. The zero-order valence-electron chi connectivity index (χ0n) is 20.3. The highest BCUT2D eigenvalue weighted by molar-refractivity contribution is 6.22. The molecule has 0 saturated carbocycles. The first-order valence-electron chi connectivity index (χ1n) is 11.7. The van der Waals surface area contributed by atoms with Crippen molar-refractivity contribution in [2.24, 2.45) is 0 Å². The van der Waals surface area contributed by atoms with E-state index < -0.39 is 17.7 Å². The van der Waals surface area contributed by atoms with E-state index in [2.05, 4.69) is 25.9 Å². The van der Waals surface area contributed by atoms with Gasteiger partial charge in [-0.25, -0.2) is 4.98 Å². The number of hydrogen-bond acceptors (Lipinski definition) is 7. The van der Waals surface area contributed by atoms with Gasteiger partial charge in [-0.1, -0.05) is 29.8 Å². The van der Waals surface area contributed by atoms with Crippen LogP contribution in [-0.4, -0.2) is 39.1 Å². The predicted octanol–water partition coefficient (Wildman–Crippen LogP) is 4.82. The van der Waals surface area contributed by atoms with E-state index in [4.69, 9.17) is 0 Å². The second-order valence-electron chi connectivity index (χ2n) is 8.70. The highest BCUT2D eigenvalue weighted by Gasteiger charge is 2.36. The molecule has 5 rings (SSSR count). The molecule has 0 radical (unpaired) electrons. The number of fused-ring (bicyclic) bond motifs is 1. The number of rotatable bonds is 7. The van der Waals surface area contributed by atoms with Crippen LogP contribution in [-0.2, 0) is 4.79 Å². The molecule has 3 N–H and O–H groups in total. The first kappa shape index (κ1) is 23.7. The molecule has 4 aromatic rings. The van der Waals surface area contributed by atoms with Gasteiger partial charge in [-0.15, -0.1) is 0 Å². The number of amides is 3. The number of carbonyl (C=O) groups excluding carboxylic acids is 3. The number of aromatic nitrogens is 2. The molecule has 184 valence electrons. The van der Waals surface area contributed by atoms with Crippen LogP contribution in [0.15, 0.2) is 78.9 Å². The third kappa shape index (κ3) is 5.30. The molecular weight excluding hydrogens is 468 g/mol. The average Bonchev–Trinajstić information content (AvgIpc) is 3.11. The molecular formula is C28H24N6O3. The van der Waals surface area contributed by atoms with Crippen molar-refractivity contribution in [1.82, 2.24) is 14.9 Å². The zero-order chi connectivity index (χ0) is 25.9. The Morgan fingerprint density at radius 2 is 1.32 bits per heavy atom. The van der Waals surface area contributed by atoms with Gasteiger partial charge >= 0.3 is 0 Å². The molecule has 0 bridgehead atoms. The van der Waals surface area contributed by atoms with Crippen LogP contribution in [0.1, 0.15) is 32.0 Å². The van der Waals surface area contributed by atoms with Gasteiger partial charge in [-0.2, -0.15) is 4.98 Å². The van der Waals surface area contributed by atoms with Crippen molar-refractivity contribution in [2.75, 3.05) is 22.5 Å². The van der Waals surface area contributed by atoms with Gasteiger partial charge in [-0.05, 0) is 62.4 Å². The van der Waals surface area contributed by atoms with Gasteiger partial charge in [0, 0.05) is 28.8 Å². The molecule has 9 heteroatoms. The van der Waals surface area contributed by atoms with E-state index in [-0.39, 0.29) is 6.54 Å². The number of nitrogens with one attached hydrogen (secondary N) is 3. The summed E-state index contributed by atoms with van der Waals surface area (Å²) in [5, 5.41) is 9.18. The molecule has 3 aromatic carbocycles. The minimum Gasteiger partial charge on any atom is -0.340 e. The van der Waals surface area contributed by atoms with Gasteiger partial charge in [-0.3, -0.25) is 19.3 Å². The summed E-state index contributed by atoms with van der Waals surface area (Å²) in [7, 11) is 0. The monoisotopic (exact) mass is 492 g/mol. The summed E-state index contributed by atoms with van der Waals surface area (Å²) in [4.78, 5) is 47.4. The summed E-state index contributed by atoms with van der Waals surface area (Å²) in [5.41, 5.74) is 4.78. The molecule has 1 aromatic heterocycles. The number of benzene rings is 3. The molecule has 2 heterocycles. The average molecular weight is 493 g/mol. The van der Waals surface area contributed by atoms with Crippen molar-refractivity contribution >= 4 is 46.5 Å². The van der Waals surface area contributed by atoms with Crippen LogP contribution in [0, 0.1) is 13.8 Å². The van der Waals surface area contributed by atoms with E-state index in [1.54, 1.807) is 48.5 Å². The number of anilines is 5. The molecule has 1 aliphatic rings. The van der Waals surface area contributed by atoms with Crippen molar-refractivity contribution in [3.63, 3.8) is 0 Å². The molecule has 0 atom stereocenters. The van der Waals surface area contributed by atoms with Crippen molar-refractivity contribution in [1.29, 1.82) is 0 Å². The molecule has 0 fully saturated rings. The van der Waals surface area contributed by atoms with E-state index in [9.17, 15) is 14.4 Å². The quantitative estimate of drug-likeness (QED) is 0.317. The van der Waals surface area contributed by atoms with Crippen LogP contribution in [0.3, 0.4) is 0 Å². The largest absolute Gasteiger partial charge is 0.340 e. The number of carbonyl (C=O) groups is 3. The molecule has 0 aliphatic carbocycles. The van der Waals surface area contributed by atoms with Gasteiger partial charge in [0.2, 0.25) is 11.9 Å². The normalized spacial score (nSPS) is 12.3. The number of imide groups is 1. The van der Waals surface area contributed by atoms with Crippen LogP contribution >= 0.6 is 0 Å². The summed E-state index contributed by atoms with van der Waals surface area (Å²) in [6.45, 7) is 3.56. The Hall–Kier alpha value is -5.05. The molecule has 9 nitrogen and oxygen atoms in total.